The van der Waals surface area contributed by atoms with E-state index in [1.54, 1.807) is 0 Å². The Morgan fingerprint density at radius 2 is 1.90 bits per heavy atom. The average Bonchev–Trinajstić information content (AvgIpc) is 2.60. The Morgan fingerprint density at radius 1 is 1.27 bits per heavy atom. The maximum Gasteiger partial charge on any atom is 0.416 e. The lowest BCUT2D eigenvalue weighted by molar-refractivity contribution is -0.385. The van der Waals surface area contributed by atoms with E-state index in [0.29, 0.717) is 22.7 Å². The molecule has 0 aliphatic heterocycles. The van der Waals surface area contributed by atoms with Crippen molar-refractivity contribution < 1.29 is 31.3 Å². The molecule has 162 valence electrons. The Kier molecular flexibility index (Phi) is 6.62. The Labute approximate surface area is 174 Å². The highest BCUT2D eigenvalue weighted by molar-refractivity contribution is 7.92. The minimum absolute atomic E-state index is 0.0535. The number of nitrogens with zero attached hydrogens (tertiary/aromatic N) is 2. The average molecular weight is 466 g/mol. The standard InChI is InChI=1S/C17H15ClF3N3O5S/c1-10-13(4-3-5-14(10)24(26)27)22-16(25)9-23(30(2,28)29)15-8-11(17(19,20)21)6-7-12(15)18/h3-8H,9H2,1-2H3,(H,22,25). The van der Waals surface area contributed by atoms with Gasteiger partial charge in [-0.15, -0.1) is 0 Å². The number of nitro groups is 1. The van der Waals surface area contributed by atoms with Crippen LogP contribution < -0.4 is 9.62 Å². The lowest BCUT2D eigenvalue weighted by Crippen LogP contribution is -2.37. The van der Waals surface area contributed by atoms with Gasteiger partial charge in [-0.1, -0.05) is 17.7 Å². The van der Waals surface area contributed by atoms with E-state index in [1.165, 1.54) is 25.1 Å². The minimum atomic E-state index is -4.76. The number of rotatable bonds is 6. The van der Waals surface area contributed by atoms with Crippen molar-refractivity contribution >= 4 is 44.6 Å². The molecule has 0 atom stereocenters. The van der Waals surface area contributed by atoms with E-state index < -0.39 is 44.8 Å². The van der Waals surface area contributed by atoms with E-state index in [9.17, 15) is 36.5 Å². The van der Waals surface area contributed by atoms with Crippen molar-refractivity contribution in [3.05, 3.63) is 62.7 Å². The second-order valence-electron chi connectivity index (χ2n) is 6.19. The maximum atomic E-state index is 13.0. The van der Waals surface area contributed by atoms with E-state index in [-0.39, 0.29) is 22.0 Å². The Balaban J connectivity index is 2.39. The molecule has 13 heteroatoms. The molecule has 2 rings (SSSR count). The molecule has 2 aromatic rings. The van der Waals surface area contributed by atoms with Crippen LogP contribution in [-0.4, -0.2) is 32.0 Å². The van der Waals surface area contributed by atoms with Crippen LogP contribution >= 0.6 is 11.6 Å². The maximum absolute atomic E-state index is 13.0. The molecule has 1 N–H and O–H groups in total. The first-order valence-electron chi connectivity index (χ1n) is 8.10. The summed E-state index contributed by atoms with van der Waals surface area (Å²) < 4.78 is 63.8. The zero-order chi connectivity index (χ0) is 22.9. The Bertz CT molecular complexity index is 1110. The minimum Gasteiger partial charge on any atom is -0.324 e. The molecule has 0 radical (unpaired) electrons. The zero-order valence-corrected chi connectivity index (χ0v) is 17.1. The second-order valence-corrected chi connectivity index (χ2v) is 8.50. The summed E-state index contributed by atoms with van der Waals surface area (Å²) in [5, 5.41) is 13.0. The van der Waals surface area contributed by atoms with Crippen LogP contribution in [0.25, 0.3) is 0 Å². The lowest BCUT2D eigenvalue weighted by atomic mass is 10.1. The SMILES string of the molecule is Cc1c(NC(=O)CN(c2cc(C(F)(F)F)ccc2Cl)S(C)(=O)=O)cccc1[N+](=O)[O-]. The van der Waals surface area contributed by atoms with E-state index in [0.717, 1.165) is 6.07 Å². The number of hydrogen-bond donors (Lipinski definition) is 1. The smallest absolute Gasteiger partial charge is 0.324 e. The molecule has 0 saturated heterocycles. The monoisotopic (exact) mass is 465 g/mol. The molecular formula is C17H15ClF3N3O5S. The molecule has 0 bridgehead atoms. The summed E-state index contributed by atoms with van der Waals surface area (Å²) >= 11 is 5.89. The number of halogens is 4. The van der Waals surface area contributed by atoms with Crippen molar-refractivity contribution in [1.82, 2.24) is 0 Å². The lowest BCUT2D eigenvalue weighted by Gasteiger charge is -2.24. The van der Waals surface area contributed by atoms with Gasteiger partial charge in [-0.3, -0.25) is 19.2 Å². The number of nitro benzene ring substituents is 1. The van der Waals surface area contributed by atoms with Gasteiger partial charge in [0.25, 0.3) is 5.69 Å². The summed E-state index contributed by atoms with van der Waals surface area (Å²) in [5.41, 5.74) is -1.77. The first-order valence-corrected chi connectivity index (χ1v) is 10.3. The van der Waals surface area contributed by atoms with Gasteiger partial charge in [0.15, 0.2) is 0 Å². The number of amides is 1. The summed E-state index contributed by atoms with van der Waals surface area (Å²) in [7, 11) is -4.21. The van der Waals surface area contributed by atoms with Crippen LogP contribution in [-0.2, 0) is 21.0 Å². The predicted molar refractivity (Wildman–Crippen MR) is 105 cm³/mol. The molecular weight excluding hydrogens is 451 g/mol. The van der Waals surface area contributed by atoms with Crippen molar-refractivity contribution in [2.75, 3.05) is 22.4 Å². The molecule has 0 heterocycles. The highest BCUT2D eigenvalue weighted by Crippen LogP contribution is 2.36. The number of carbonyl (C=O) groups is 1. The van der Waals surface area contributed by atoms with Crippen molar-refractivity contribution in [2.24, 2.45) is 0 Å². The summed E-state index contributed by atoms with van der Waals surface area (Å²) in [5.74, 6) is -0.933. The quantitative estimate of drug-likeness (QED) is 0.512. The number of hydrogen-bond acceptors (Lipinski definition) is 5. The molecule has 0 fully saturated rings. The third-order valence-corrected chi connectivity index (χ3v) is 5.45. The molecule has 0 unspecified atom stereocenters. The Morgan fingerprint density at radius 3 is 2.43 bits per heavy atom. The highest BCUT2D eigenvalue weighted by Gasteiger charge is 2.33. The van der Waals surface area contributed by atoms with E-state index in [1.807, 2.05) is 0 Å². The second kappa shape index (κ2) is 8.48. The Hall–Kier alpha value is -2.86. The first-order chi connectivity index (χ1) is 13.7. The predicted octanol–water partition coefficient (Wildman–Crippen LogP) is 3.98. The molecule has 30 heavy (non-hydrogen) atoms. The first kappa shape index (κ1) is 23.4. The molecule has 2 aromatic carbocycles. The highest BCUT2D eigenvalue weighted by atomic mass is 35.5. The fraction of sp³-hybridized carbons (Fsp3) is 0.235. The van der Waals surface area contributed by atoms with Gasteiger partial charge >= 0.3 is 6.18 Å². The van der Waals surface area contributed by atoms with Crippen molar-refractivity contribution in [3.8, 4) is 0 Å². The number of nitrogens with one attached hydrogen (secondary N) is 1. The molecule has 0 spiro atoms. The molecule has 8 nitrogen and oxygen atoms in total. The molecule has 1 amide bonds. The van der Waals surface area contributed by atoms with Crippen LogP contribution in [0.15, 0.2) is 36.4 Å². The van der Waals surface area contributed by atoms with Gasteiger partial charge in [0, 0.05) is 6.07 Å². The zero-order valence-electron chi connectivity index (χ0n) is 15.5. The van der Waals surface area contributed by atoms with Gasteiger partial charge in [-0.2, -0.15) is 13.2 Å². The van der Waals surface area contributed by atoms with Crippen molar-refractivity contribution in [1.29, 1.82) is 0 Å². The van der Waals surface area contributed by atoms with Gasteiger partial charge in [0.1, 0.15) is 6.54 Å². The topological polar surface area (TPSA) is 110 Å². The summed E-state index contributed by atoms with van der Waals surface area (Å²) in [4.78, 5) is 22.8. The molecule has 0 aliphatic carbocycles. The molecule has 0 aliphatic rings. The largest absolute Gasteiger partial charge is 0.416 e. The van der Waals surface area contributed by atoms with Crippen LogP contribution in [0.1, 0.15) is 11.1 Å². The van der Waals surface area contributed by atoms with E-state index >= 15 is 0 Å². The summed E-state index contributed by atoms with van der Waals surface area (Å²) in [6.45, 7) is 0.480. The van der Waals surface area contributed by atoms with E-state index in [2.05, 4.69) is 5.32 Å². The third-order valence-electron chi connectivity index (χ3n) is 4.01. The van der Waals surface area contributed by atoms with Gasteiger partial charge in [0.2, 0.25) is 15.9 Å². The van der Waals surface area contributed by atoms with Gasteiger partial charge in [-0.25, -0.2) is 8.42 Å². The van der Waals surface area contributed by atoms with Crippen molar-refractivity contribution in [2.45, 2.75) is 13.1 Å². The van der Waals surface area contributed by atoms with Crippen LogP contribution in [0.4, 0.5) is 30.2 Å². The van der Waals surface area contributed by atoms with E-state index in [4.69, 9.17) is 11.6 Å². The number of benzene rings is 2. The normalized spacial score (nSPS) is 11.8. The van der Waals surface area contributed by atoms with Crippen LogP contribution in [0.3, 0.4) is 0 Å². The van der Waals surface area contributed by atoms with Gasteiger partial charge in [-0.05, 0) is 31.2 Å². The fourth-order valence-electron chi connectivity index (χ4n) is 2.54. The number of alkyl halides is 3. The number of carbonyl (C=O) groups excluding carboxylic acids is 1. The molecule has 0 aromatic heterocycles. The van der Waals surface area contributed by atoms with Crippen LogP contribution in [0, 0.1) is 17.0 Å². The summed E-state index contributed by atoms with van der Waals surface area (Å²) in [6.07, 6.45) is -4.06. The third kappa shape index (κ3) is 5.39. The number of sulfonamides is 1. The molecule has 0 saturated carbocycles. The van der Waals surface area contributed by atoms with Gasteiger partial charge < -0.3 is 5.32 Å². The van der Waals surface area contributed by atoms with Crippen LogP contribution in [0.5, 0.6) is 0 Å². The van der Waals surface area contributed by atoms with Gasteiger partial charge in [0.05, 0.1) is 38.7 Å². The number of anilines is 2. The fourth-order valence-corrected chi connectivity index (χ4v) is 3.67. The summed E-state index contributed by atoms with van der Waals surface area (Å²) in [6, 6.07) is 5.98. The van der Waals surface area contributed by atoms with Crippen LogP contribution in [0.2, 0.25) is 5.02 Å². The van der Waals surface area contributed by atoms with Crippen molar-refractivity contribution in [3.63, 3.8) is 0 Å².